The van der Waals surface area contributed by atoms with Gasteiger partial charge >= 0.3 is 5.97 Å². The Morgan fingerprint density at radius 3 is 2.58 bits per heavy atom. The predicted octanol–water partition coefficient (Wildman–Crippen LogP) is 5.58. The van der Waals surface area contributed by atoms with Gasteiger partial charge in [0.1, 0.15) is 29.8 Å². The van der Waals surface area contributed by atoms with Gasteiger partial charge in [0.2, 0.25) is 0 Å². The highest BCUT2D eigenvalue weighted by Gasteiger charge is 2.60. The van der Waals surface area contributed by atoms with Crippen LogP contribution in [0.25, 0.3) is 0 Å². The lowest BCUT2D eigenvalue weighted by Crippen LogP contribution is -2.58. The fourth-order valence-corrected chi connectivity index (χ4v) is 10.4. The fraction of sp³-hybridized carbons (Fsp3) is 0.744. The molecule has 0 aromatic heterocycles. The molecule has 12 heteroatoms. The number of methoxy groups -OCH3 is 1. The van der Waals surface area contributed by atoms with Gasteiger partial charge in [0.15, 0.2) is 12.1 Å². The Kier molecular flexibility index (Phi) is 14.0. The zero-order valence-electron chi connectivity index (χ0n) is 33.8. The van der Waals surface area contributed by atoms with Crippen molar-refractivity contribution in [2.75, 3.05) is 26.1 Å². The average Bonchev–Trinajstić information content (AvgIpc) is 3.50. The molecule has 3 N–H and O–H groups in total. The molecule has 5 heterocycles. The first kappa shape index (κ1) is 42.8. The summed E-state index contributed by atoms with van der Waals surface area (Å²) in [4.78, 5) is 14.3. The summed E-state index contributed by atoms with van der Waals surface area (Å²) in [5.41, 5.74) is 0.238. The number of aliphatic hydroxyl groups excluding tert-OH is 2. The van der Waals surface area contributed by atoms with Crippen LogP contribution >= 0.6 is 11.8 Å². The Morgan fingerprint density at radius 2 is 1.85 bits per heavy atom. The smallest absolute Gasteiger partial charge is 0.316 e. The standard InChI is InChI=1S/C43H64O11S/c1-9-24(2)38-27(5)15-16-42(54-38)22-32-20-31(53-42)14-13-26(4)37(52-35-21-34(48-8)39(29(7)50-35)55-18-17-44)25(3)11-10-12-30-23-49-40-36(45)28(6)19-33(41(46)51-32)43(30,40)47/h10-13,15-16,19,24-25,27,29,31-40,44-45,47H,9,14,17-18,20-23H2,1-8H3/b11-10+,26-13+,30-12+/t24?,25-,27-,29-,31+,32-,33-,34-,35-,36+,37-,38+,39+,40+,42+,43+/m0/s1. The fourth-order valence-electron chi connectivity index (χ4n) is 9.29. The van der Waals surface area contributed by atoms with Gasteiger partial charge in [0.05, 0.1) is 49.0 Å². The predicted molar refractivity (Wildman–Crippen MR) is 210 cm³/mol. The van der Waals surface area contributed by atoms with Crippen LogP contribution < -0.4 is 0 Å². The van der Waals surface area contributed by atoms with Crippen molar-refractivity contribution < 1.29 is 53.3 Å². The maximum absolute atomic E-state index is 14.3. The summed E-state index contributed by atoms with van der Waals surface area (Å²) in [6.45, 7) is 14.6. The minimum absolute atomic E-state index is 0.0542. The summed E-state index contributed by atoms with van der Waals surface area (Å²) in [6, 6.07) is 0. The van der Waals surface area contributed by atoms with Gasteiger partial charge < -0.3 is 48.5 Å². The molecular formula is C43H64O11S. The molecule has 6 rings (SSSR count). The topological polar surface area (TPSA) is 142 Å². The Bertz CT molecular complexity index is 1510. The van der Waals surface area contributed by atoms with E-state index in [1.165, 1.54) is 0 Å². The Morgan fingerprint density at radius 1 is 1.07 bits per heavy atom. The second-order valence-electron chi connectivity index (χ2n) is 16.6. The minimum Gasteiger partial charge on any atom is -0.462 e. The molecule has 3 fully saturated rings. The highest BCUT2D eigenvalue weighted by atomic mass is 32.2. The molecule has 0 amide bonds. The molecule has 0 radical (unpaired) electrons. The van der Waals surface area contributed by atoms with Crippen LogP contribution in [-0.2, 0) is 38.0 Å². The number of allylic oxidation sites excluding steroid dienone is 2. The molecule has 0 aromatic rings. The van der Waals surface area contributed by atoms with Crippen LogP contribution in [0.4, 0.5) is 0 Å². The van der Waals surface area contributed by atoms with Crippen LogP contribution in [0.2, 0.25) is 0 Å². The molecule has 0 saturated carbocycles. The van der Waals surface area contributed by atoms with E-state index in [0.29, 0.717) is 42.6 Å². The number of hydrogen-bond donors (Lipinski definition) is 3. The third-order valence-corrected chi connectivity index (χ3v) is 14.1. The van der Waals surface area contributed by atoms with Gasteiger partial charge in [0.25, 0.3) is 0 Å². The third kappa shape index (κ3) is 8.94. The van der Waals surface area contributed by atoms with E-state index in [9.17, 15) is 20.1 Å². The molecule has 16 atom stereocenters. The van der Waals surface area contributed by atoms with E-state index in [4.69, 9.17) is 33.2 Å². The first-order valence-corrected chi connectivity index (χ1v) is 21.3. The molecule has 1 spiro atoms. The molecule has 55 heavy (non-hydrogen) atoms. The molecular weight excluding hydrogens is 725 g/mol. The van der Waals surface area contributed by atoms with Crippen molar-refractivity contribution in [1.29, 1.82) is 0 Å². The molecule has 1 aliphatic carbocycles. The summed E-state index contributed by atoms with van der Waals surface area (Å²) >= 11 is 1.65. The number of esters is 1. The summed E-state index contributed by atoms with van der Waals surface area (Å²) in [7, 11) is 1.71. The van der Waals surface area contributed by atoms with E-state index in [2.05, 4.69) is 46.8 Å². The van der Waals surface area contributed by atoms with E-state index in [-0.39, 0.29) is 66.7 Å². The van der Waals surface area contributed by atoms with Crippen molar-refractivity contribution in [3.8, 4) is 0 Å². The molecule has 3 saturated heterocycles. The minimum atomic E-state index is -1.81. The number of thioether (sulfide) groups is 1. The van der Waals surface area contributed by atoms with E-state index < -0.39 is 47.9 Å². The number of carbonyl (C=O) groups excluding carboxylic acids is 1. The lowest BCUT2D eigenvalue weighted by Gasteiger charge is -2.48. The van der Waals surface area contributed by atoms with E-state index in [1.807, 2.05) is 25.2 Å². The Hall–Kier alpha value is -1.84. The molecule has 2 bridgehead atoms. The highest BCUT2D eigenvalue weighted by Crippen LogP contribution is 2.47. The number of rotatable bonds is 8. The molecule has 6 aliphatic rings. The number of aliphatic hydroxyl groups is 3. The zero-order chi connectivity index (χ0) is 39.7. The molecule has 308 valence electrons. The monoisotopic (exact) mass is 788 g/mol. The van der Waals surface area contributed by atoms with Crippen LogP contribution in [0.5, 0.6) is 0 Å². The first-order chi connectivity index (χ1) is 26.2. The normalized spacial score (nSPS) is 46.8. The molecule has 11 nitrogen and oxygen atoms in total. The van der Waals surface area contributed by atoms with E-state index >= 15 is 0 Å². The zero-order valence-corrected chi connectivity index (χ0v) is 34.6. The van der Waals surface area contributed by atoms with Crippen molar-refractivity contribution >= 4 is 17.7 Å². The Balaban J connectivity index is 1.36. The van der Waals surface area contributed by atoms with Crippen LogP contribution in [0.1, 0.15) is 80.6 Å². The largest absolute Gasteiger partial charge is 0.462 e. The number of hydrogen-bond acceptors (Lipinski definition) is 12. The van der Waals surface area contributed by atoms with Gasteiger partial charge in [-0.3, -0.25) is 4.79 Å². The lowest BCUT2D eigenvalue weighted by atomic mass is 9.71. The van der Waals surface area contributed by atoms with Gasteiger partial charge in [0, 0.05) is 44.0 Å². The van der Waals surface area contributed by atoms with Gasteiger partial charge in [-0.25, -0.2) is 0 Å². The quantitative estimate of drug-likeness (QED) is 0.209. The van der Waals surface area contributed by atoms with Gasteiger partial charge in [-0.15, -0.1) is 0 Å². The van der Waals surface area contributed by atoms with E-state index in [0.717, 1.165) is 12.0 Å². The van der Waals surface area contributed by atoms with Gasteiger partial charge in [-0.2, -0.15) is 11.8 Å². The Labute approximate surface area is 331 Å². The SMILES string of the molecule is CCC(C)[C@H]1O[C@]2(C=C[C@@H]1C)C[C@@H]1C[C@@H](C/C=C(\C)[C@@H](O[C@H]3C[C@H](OC)[C@H](SCCO)[C@H](C)O3)[C@@H](C)/C=C/C=C3\CO[C@@H]4[C@H](O)C(C)=C[C@@H](C(=O)O1)[C@]34O)O2. The third-order valence-electron chi connectivity index (χ3n) is 12.6. The maximum Gasteiger partial charge on any atom is 0.316 e. The average molecular weight is 789 g/mol. The van der Waals surface area contributed by atoms with Gasteiger partial charge in [-0.05, 0) is 55.9 Å². The summed E-state index contributed by atoms with van der Waals surface area (Å²) in [5, 5.41) is 33.1. The van der Waals surface area contributed by atoms with Crippen LogP contribution in [0.3, 0.4) is 0 Å². The van der Waals surface area contributed by atoms with Crippen molar-refractivity contribution in [2.24, 2.45) is 23.7 Å². The van der Waals surface area contributed by atoms with Crippen molar-refractivity contribution in [2.45, 2.75) is 152 Å². The van der Waals surface area contributed by atoms with Gasteiger partial charge in [-0.1, -0.05) is 70.6 Å². The van der Waals surface area contributed by atoms with Crippen LogP contribution in [-0.4, -0.2) is 119 Å². The summed E-state index contributed by atoms with van der Waals surface area (Å²) < 4.78 is 45.3. The maximum atomic E-state index is 14.3. The summed E-state index contributed by atoms with van der Waals surface area (Å²) in [6.07, 6.45) is 12.1. The molecule has 5 aliphatic heterocycles. The number of fused-ring (bicyclic) bond motifs is 2. The second kappa shape index (κ2) is 18.0. The second-order valence-corrected chi connectivity index (χ2v) is 17.9. The number of carbonyl (C=O) groups is 1. The van der Waals surface area contributed by atoms with Crippen molar-refractivity contribution in [3.63, 3.8) is 0 Å². The van der Waals surface area contributed by atoms with Crippen LogP contribution in [0, 0.1) is 23.7 Å². The number of ether oxygens (including phenoxy) is 7. The molecule has 0 aromatic carbocycles. The lowest BCUT2D eigenvalue weighted by molar-refractivity contribution is -0.300. The summed E-state index contributed by atoms with van der Waals surface area (Å²) in [5.74, 6) is -1.80. The molecule has 1 unspecified atom stereocenters. The first-order valence-electron chi connectivity index (χ1n) is 20.3. The van der Waals surface area contributed by atoms with Crippen LogP contribution in [0.15, 0.2) is 59.3 Å². The van der Waals surface area contributed by atoms with E-state index in [1.54, 1.807) is 37.9 Å². The highest BCUT2D eigenvalue weighted by molar-refractivity contribution is 8.00. The van der Waals surface area contributed by atoms with Crippen molar-refractivity contribution in [1.82, 2.24) is 0 Å². The van der Waals surface area contributed by atoms with Crippen molar-refractivity contribution in [3.05, 3.63) is 59.3 Å².